The summed E-state index contributed by atoms with van der Waals surface area (Å²) in [5.41, 5.74) is 4.38. The summed E-state index contributed by atoms with van der Waals surface area (Å²) in [6.07, 6.45) is 1.56. The number of aromatic nitrogens is 5. The first-order valence-electron chi connectivity index (χ1n) is 11.6. The number of aromatic amines is 1. The molecule has 0 aliphatic heterocycles. The molecule has 0 spiro atoms. The van der Waals surface area contributed by atoms with E-state index in [9.17, 15) is 4.79 Å². The maximum absolute atomic E-state index is 14.1. The van der Waals surface area contributed by atoms with Crippen molar-refractivity contribution in [2.75, 3.05) is 7.11 Å². The van der Waals surface area contributed by atoms with Crippen molar-refractivity contribution in [1.82, 2.24) is 24.8 Å². The van der Waals surface area contributed by atoms with Crippen LogP contribution in [0.5, 0.6) is 17.5 Å². The second-order valence-corrected chi connectivity index (χ2v) is 8.24. The minimum Gasteiger partial charge on any atom is -0.497 e. The van der Waals surface area contributed by atoms with E-state index in [2.05, 4.69) is 15.2 Å². The Balaban J connectivity index is 1.67. The third kappa shape index (κ3) is 4.10. The van der Waals surface area contributed by atoms with Gasteiger partial charge in [-0.3, -0.25) is 4.79 Å². The van der Waals surface area contributed by atoms with E-state index < -0.39 is 0 Å². The fourth-order valence-electron chi connectivity index (χ4n) is 4.27. The lowest BCUT2D eigenvalue weighted by molar-refractivity contribution is 0.415. The largest absolute Gasteiger partial charge is 0.497 e. The van der Waals surface area contributed by atoms with Crippen molar-refractivity contribution in [2.45, 2.75) is 0 Å². The molecule has 37 heavy (non-hydrogen) atoms. The summed E-state index contributed by atoms with van der Waals surface area (Å²) in [5.74, 6) is 1.16. The molecule has 180 valence electrons. The molecular formula is C29H21N5O3. The molecule has 8 nitrogen and oxygen atoms in total. The Morgan fingerprint density at radius 1 is 0.757 bits per heavy atom. The lowest BCUT2D eigenvalue weighted by Crippen LogP contribution is -2.18. The fourth-order valence-corrected chi connectivity index (χ4v) is 4.27. The van der Waals surface area contributed by atoms with Gasteiger partial charge in [-0.2, -0.15) is 14.7 Å². The second-order valence-electron chi connectivity index (χ2n) is 8.24. The van der Waals surface area contributed by atoms with E-state index in [0.29, 0.717) is 28.2 Å². The van der Waals surface area contributed by atoms with Crippen molar-refractivity contribution < 1.29 is 9.47 Å². The van der Waals surface area contributed by atoms with E-state index in [1.165, 1.54) is 4.52 Å². The van der Waals surface area contributed by atoms with Crippen LogP contribution >= 0.6 is 0 Å². The Hall–Kier alpha value is -5.24. The van der Waals surface area contributed by atoms with Crippen LogP contribution in [0, 0.1) is 0 Å². The molecule has 0 unspecified atom stereocenters. The second kappa shape index (κ2) is 9.43. The minimum atomic E-state index is -0.336. The third-order valence-corrected chi connectivity index (χ3v) is 5.99. The van der Waals surface area contributed by atoms with Crippen LogP contribution in [0.4, 0.5) is 0 Å². The van der Waals surface area contributed by atoms with Crippen molar-refractivity contribution in [3.05, 3.63) is 114 Å². The molecule has 0 fully saturated rings. The highest BCUT2D eigenvalue weighted by molar-refractivity contribution is 5.91. The average Bonchev–Trinajstić information content (AvgIpc) is 3.35. The van der Waals surface area contributed by atoms with Crippen LogP contribution in [0.1, 0.15) is 0 Å². The number of hydrogen-bond donors (Lipinski definition) is 1. The number of fused-ring (bicyclic) bond motifs is 1. The number of ether oxygens (including phenoxy) is 2. The lowest BCUT2D eigenvalue weighted by atomic mass is 10.0. The molecule has 0 saturated heterocycles. The molecule has 0 aliphatic carbocycles. The van der Waals surface area contributed by atoms with Crippen LogP contribution in [0.2, 0.25) is 0 Å². The van der Waals surface area contributed by atoms with Gasteiger partial charge in [0.1, 0.15) is 22.7 Å². The molecule has 0 bridgehead atoms. The number of nitrogens with one attached hydrogen (secondary N) is 1. The Morgan fingerprint density at radius 3 is 2.08 bits per heavy atom. The van der Waals surface area contributed by atoms with Gasteiger partial charge in [0, 0.05) is 17.8 Å². The van der Waals surface area contributed by atoms with Crippen LogP contribution in [-0.2, 0) is 0 Å². The molecule has 8 heteroatoms. The molecule has 3 aromatic heterocycles. The van der Waals surface area contributed by atoms with Crippen molar-refractivity contribution in [3.8, 4) is 51.0 Å². The van der Waals surface area contributed by atoms with Crippen molar-refractivity contribution in [2.24, 2.45) is 0 Å². The Labute approximate surface area is 211 Å². The molecule has 0 atom stereocenters. The standard InChI is InChI=1S/C29H21N5O3/c1-36-22-16-14-20(15-17-22)25-28(37-23-13-8-18-30-32-23)31-27-24(19-9-4-2-5-10-19)26(33-34(27)29(25)35)21-11-6-3-7-12-21/h2-18,31H,1H3. The highest BCUT2D eigenvalue weighted by atomic mass is 16.5. The van der Waals surface area contributed by atoms with Gasteiger partial charge >= 0.3 is 0 Å². The zero-order valence-corrected chi connectivity index (χ0v) is 19.8. The normalized spacial score (nSPS) is 10.9. The van der Waals surface area contributed by atoms with E-state index in [-0.39, 0.29) is 17.3 Å². The van der Waals surface area contributed by atoms with Gasteiger partial charge in [0.2, 0.25) is 11.8 Å². The number of H-pyrrole nitrogens is 1. The molecule has 0 amide bonds. The number of rotatable bonds is 6. The van der Waals surface area contributed by atoms with Gasteiger partial charge in [-0.15, -0.1) is 5.10 Å². The zero-order chi connectivity index (χ0) is 25.2. The molecule has 0 saturated carbocycles. The van der Waals surface area contributed by atoms with Gasteiger partial charge in [-0.1, -0.05) is 72.8 Å². The topological polar surface area (TPSA) is 94.4 Å². The van der Waals surface area contributed by atoms with Crippen molar-refractivity contribution in [1.29, 1.82) is 0 Å². The highest BCUT2D eigenvalue weighted by Gasteiger charge is 2.24. The van der Waals surface area contributed by atoms with Crippen LogP contribution in [0.25, 0.3) is 39.2 Å². The van der Waals surface area contributed by atoms with Gasteiger partial charge in [-0.25, -0.2) is 0 Å². The number of nitrogens with zero attached hydrogens (tertiary/aromatic N) is 4. The van der Waals surface area contributed by atoms with Crippen molar-refractivity contribution >= 4 is 5.65 Å². The quantitative estimate of drug-likeness (QED) is 0.328. The maximum Gasteiger partial charge on any atom is 0.286 e. The fraction of sp³-hybridized carbons (Fsp3) is 0.0345. The SMILES string of the molecule is COc1ccc(-c2c(Oc3cccnn3)[nH]c3c(-c4ccccc4)c(-c4ccccc4)nn3c2=O)cc1. The molecule has 6 aromatic rings. The Bertz CT molecular complexity index is 1730. The van der Waals surface area contributed by atoms with Gasteiger partial charge in [-0.05, 0) is 29.3 Å². The molecule has 1 N–H and O–H groups in total. The van der Waals surface area contributed by atoms with Gasteiger partial charge < -0.3 is 14.5 Å². The molecule has 3 aromatic carbocycles. The van der Waals surface area contributed by atoms with Crippen LogP contribution in [-0.4, -0.2) is 31.9 Å². The van der Waals surface area contributed by atoms with Crippen LogP contribution in [0.3, 0.4) is 0 Å². The first kappa shape index (κ1) is 22.2. The predicted octanol–water partition coefficient (Wildman–Crippen LogP) is 5.61. The zero-order valence-electron chi connectivity index (χ0n) is 19.8. The monoisotopic (exact) mass is 487 g/mol. The predicted molar refractivity (Wildman–Crippen MR) is 141 cm³/mol. The van der Waals surface area contributed by atoms with E-state index >= 15 is 0 Å². The number of methoxy groups -OCH3 is 1. The van der Waals surface area contributed by atoms with E-state index in [4.69, 9.17) is 14.6 Å². The van der Waals surface area contributed by atoms with Gasteiger partial charge in [0.25, 0.3) is 5.56 Å². The summed E-state index contributed by atoms with van der Waals surface area (Å²) in [4.78, 5) is 17.4. The first-order valence-corrected chi connectivity index (χ1v) is 11.6. The van der Waals surface area contributed by atoms with Crippen molar-refractivity contribution in [3.63, 3.8) is 0 Å². The van der Waals surface area contributed by atoms with E-state index in [1.807, 2.05) is 60.7 Å². The van der Waals surface area contributed by atoms with E-state index in [0.717, 1.165) is 16.7 Å². The average molecular weight is 488 g/mol. The summed E-state index contributed by atoms with van der Waals surface area (Å²) in [7, 11) is 1.59. The molecule has 0 radical (unpaired) electrons. The van der Waals surface area contributed by atoms with Gasteiger partial charge in [0.15, 0.2) is 0 Å². The Kier molecular flexibility index (Phi) is 5.67. The number of benzene rings is 3. The van der Waals surface area contributed by atoms with Crippen LogP contribution < -0.4 is 15.0 Å². The first-order chi connectivity index (χ1) is 18.2. The highest BCUT2D eigenvalue weighted by Crippen LogP contribution is 2.37. The summed E-state index contributed by atoms with van der Waals surface area (Å²) in [6.45, 7) is 0. The summed E-state index contributed by atoms with van der Waals surface area (Å²) >= 11 is 0. The third-order valence-electron chi connectivity index (χ3n) is 5.99. The summed E-state index contributed by atoms with van der Waals surface area (Å²) in [6, 6.07) is 30.2. The maximum atomic E-state index is 14.1. The molecular weight excluding hydrogens is 466 g/mol. The smallest absolute Gasteiger partial charge is 0.286 e. The number of hydrogen-bond acceptors (Lipinski definition) is 6. The molecule has 6 rings (SSSR count). The van der Waals surface area contributed by atoms with E-state index in [1.54, 1.807) is 49.7 Å². The summed E-state index contributed by atoms with van der Waals surface area (Å²) in [5, 5.41) is 12.7. The Morgan fingerprint density at radius 2 is 1.43 bits per heavy atom. The molecule has 0 aliphatic rings. The lowest BCUT2D eigenvalue weighted by Gasteiger charge is -2.12. The van der Waals surface area contributed by atoms with Gasteiger partial charge in [0.05, 0.1) is 12.7 Å². The summed E-state index contributed by atoms with van der Waals surface area (Å²) < 4.78 is 12.8. The minimum absolute atomic E-state index is 0.236. The molecule has 3 heterocycles. The van der Waals surface area contributed by atoms with Crippen LogP contribution in [0.15, 0.2) is 108 Å².